The van der Waals surface area contributed by atoms with Gasteiger partial charge in [0.1, 0.15) is 0 Å². The number of hydrogen-bond acceptors (Lipinski definition) is 3. The van der Waals surface area contributed by atoms with E-state index in [9.17, 15) is 9.59 Å². The SMILES string of the molecule is COC(=O)c1cccc(C(C)CC(=O)O)c1. The molecule has 1 unspecified atom stereocenters. The summed E-state index contributed by atoms with van der Waals surface area (Å²) in [5.41, 5.74) is 1.27. The van der Waals surface area contributed by atoms with Crippen molar-refractivity contribution < 1.29 is 19.4 Å². The minimum absolute atomic E-state index is 0.0463. The fourth-order valence-corrected chi connectivity index (χ4v) is 1.47. The summed E-state index contributed by atoms with van der Waals surface area (Å²) in [4.78, 5) is 21.8. The Morgan fingerprint density at radius 3 is 2.69 bits per heavy atom. The number of carboxylic acids is 1. The largest absolute Gasteiger partial charge is 0.481 e. The topological polar surface area (TPSA) is 63.6 Å². The third-order valence-electron chi connectivity index (χ3n) is 2.36. The first-order valence-electron chi connectivity index (χ1n) is 4.94. The van der Waals surface area contributed by atoms with Gasteiger partial charge in [-0.05, 0) is 23.6 Å². The molecule has 1 aromatic carbocycles. The molecule has 0 bridgehead atoms. The number of methoxy groups -OCH3 is 1. The predicted octanol–water partition coefficient (Wildman–Crippen LogP) is 2.05. The molecule has 0 aliphatic heterocycles. The molecule has 0 amide bonds. The fraction of sp³-hybridized carbons (Fsp3) is 0.333. The van der Waals surface area contributed by atoms with Gasteiger partial charge >= 0.3 is 11.9 Å². The molecule has 1 N–H and O–H groups in total. The molecule has 1 atom stereocenters. The Kier molecular flexibility index (Phi) is 4.05. The maximum Gasteiger partial charge on any atom is 0.337 e. The molecule has 0 saturated carbocycles. The first-order chi connectivity index (χ1) is 7.54. The third kappa shape index (κ3) is 3.08. The molecule has 0 aliphatic rings. The van der Waals surface area contributed by atoms with Crippen LogP contribution in [-0.2, 0) is 9.53 Å². The van der Waals surface area contributed by atoms with Gasteiger partial charge in [-0.3, -0.25) is 4.79 Å². The second-order valence-electron chi connectivity index (χ2n) is 3.62. The number of carbonyl (C=O) groups excluding carboxylic acids is 1. The van der Waals surface area contributed by atoms with Crippen LogP contribution in [0.4, 0.5) is 0 Å². The molecule has 86 valence electrons. The van der Waals surface area contributed by atoms with E-state index in [0.717, 1.165) is 5.56 Å². The number of hydrogen-bond donors (Lipinski definition) is 1. The van der Waals surface area contributed by atoms with Crippen molar-refractivity contribution in [2.24, 2.45) is 0 Å². The van der Waals surface area contributed by atoms with E-state index in [2.05, 4.69) is 4.74 Å². The molecule has 4 nitrogen and oxygen atoms in total. The zero-order chi connectivity index (χ0) is 12.1. The summed E-state index contributed by atoms with van der Waals surface area (Å²) >= 11 is 0. The Labute approximate surface area is 93.9 Å². The first-order valence-corrected chi connectivity index (χ1v) is 4.94. The van der Waals surface area contributed by atoms with Gasteiger partial charge in [0.25, 0.3) is 0 Å². The molecule has 0 radical (unpaired) electrons. The van der Waals surface area contributed by atoms with Gasteiger partial charge in [-0.25, -0.2) is 4.79 Å². The fourth-order valence-electron chi connectivity index (χ4n) is 1.47. The number of esters is 1. The van der Waals surface area contributed by atoms with Crippen LogP contribution in [0, 0.1) is 0 Å². The molecular weight excluding hydrogens is 208 g/mol. The lowest BCUT2D eigenvalue weighted by Gasteiger charge is -2.10. The molecule has 4 heteroatoms. The number of ether oxygens (including phenoxy) is 1. The van der Waals surface area contributed by atoms with Gasteiger partial charge in [0.2, 0.25) is 0 Å². The second-order valence-corrected chi connectivity index (χ2v) is 3.62. The van der Waals surface area contributed by atoms with Crippen LogP contribution in [-0.4, -0.2) is 24.2 Å². The lowest BCUT2D eigenvalue weighted by atomic mass is 9.96. The van der Waals surface area contributed by atoms with Gasteiger partial charge in [-0.2, -0.15) is 0 Å². The van der Waals surface area contributed by atoms with Gasteiger partial charge in [0, 0.05) is 0 Å². The number of carboxylic acid groups (broad SMARTS) is 1. The van der Waals surface area contributed by atoms with E-state index in [1.165, 1.54) is 7.11 Å². The summed E-state index contributed by atoms with van der Waals surface area (Å²) < 4.78 is 4.60. The monoisotopic (exact) mass is 222 g/mol. The molecule has 0 aromatic heterocycles. The van der Waals surface area contributed by atoms with Gasteiger partial charge in [0.15, 0.2) is 0 Å². The maximum absolute atomic E-state index is 11.3. The molecule has 0 saturated heterocycles. The van der Waals surface area contributed by atoms with Crippen LogP contribution in [0.15, 0.2) is 24.3 Å². The van der Waals surface area contributed by atoms with Crippen molar-refractivity contribution in [3.05, 3.63) is 35.4 Å². The van der Waals surface area contributed by atoms with Crippen molar-refractivity contribution in [2.45, 2.75) is 19.3 Å². The van der Waals surface area contributed by atoms with E-state index in [0.29, 0.717) is 5.56 Å². The molecular formula is C12H14O4. The highest BCUT2D eigenvalue weighted by atomic mass is 16.5. The predicted molar refractivity (Wildman–Crippen MR) is 58.4 cm³/mol. The van der Waals surface area contributed by atoms with Crippen molar-refractivity contribution in [1.29, 1.82) is 0 Å². The summed E-state index contributed by atoms with van der Waals surface area (Å²) in [5.74, 6) is -1.39. The third-order valence-corrected chi connectivity index (χ3v) is 2.36. The van der Waals surface area contributed by atoms with Crippen LogP contribution >= 0.6 is 0 Å². The smallest absolute Gasteiger partial charge is 0.337 e. The maximum atomic E-state index is 11.3. The lowest BCUT2D eigenvalue weighted by Crippen LogP contribution is -2.05. The number of rotatable bonds is 4. The van der Waals surface area contributed by atoms with Crippen LogP contribution in [0.5, 0.6) is 0 Å². The average Bonchev–Trinajstić information content (AvgIpc) is 2.27. The normalized spacial score (nSPS) is 11.9. The van der Waals surface area contributed by atoms with Crippen molar-refractivity contribution in [3.8, 4) is 0 Å². The van der Waals surface area contributed by atoms with Gasteiger partial charge in [-0.1, -0.05) is 19.1 Å². The van der Waals surface area contributed by atoms with E-state index in [1.54, 1.807) is 24.3 Å². The molecule has 0 spiro atoms. The van der Waals surface area contributed by atoms with Crippen LogP contribution in [0.2, 0.25) is 0 Å². The summed E-state index contributed by atoms with van der Waals surface area (Å²) in [6.07, 6.45) is 0.0463. The Morgan fingerprint density at radius 1 is 1.44 bits per heavy atom. The summed E-state index contributed by atoms with van der Waals surface area (Å²) in [6.45, 7) is 1.81. The lowest BCUT2D eigenvalue weighted by molar-refractivity contribution is -0.137. The Morgan fingerprint density at radius 2 is 2.12 bits per heavy atom. The highest BCUT2D eigenvalue weighted by Crippen LogP contribution is 2.20. The van der Waals surface area contributed by atoms with E-state index in [4.69, 9.17) is 5.11 Å². The zero-order valence-electron chi connectivity index (χ0n) is 9.27. The van der Waals surface area contributed by atoms with E-state index in [1.807, 2.05) is 6.92 Å². The minimum atomic E-state index is -0.851. The highest BCUT2D eigenvalue weighted by molar-refractivity contribution is 5.89. The standard InChI is InChI=1S/C12H14O4/c1-8(6-11(13)14)9-4-3-5-10(7-9)12(15)16-2/h3-5,7-8H,6H2,1-2H3,(H,13,14). The Bertz CT molecular complexity index is 398. The minimum Gasteiger partial charge on any atom is -0.481 e. The number of aliphatic carboxylic acids is 1. The van der Waals surface area contributed by atoms with Crippen molar-refractivity contribution in [1.82, 2.24) is 0 Å². The van der Waals surface area contributed by atoms with Crippen LogP contribution in [0.25, 0.3) is 0 Å². The number of benzene rings is 1. The van der Waals surface area contributed by atoms with Crippen LogP contribution < -0.4 is 0 Å². The van der Waals surface area contributed by atoms with Crippen molar-refractivity contribution in [3.63, 3.8) is 0 Å². The highest BCUT2D eigenvalue weighted by Gasteiger charge is 2.12. The summed E-state index contributed by atoms with van der Waals surface area (Å²) in [5, 5.41) is 8.68. The van der Waals surface area contributed by atoms with Crippen molar-refractivity contribution >= 4 is 11.9 Å². The molecule has 0 heterocycles. The quantitative estimate of drug-likeness (QED) is 0.792. The molecule has 16 heavy (non-hydrogen) atoms. The van der Waals surface area contributed by atoms with Crippen LogP contribution in [0.1, 0.15) is 35.2 Å². The van der Waals surface area contributed by atoms with Crippen molar-refractivity contribution in [2.75, 3.05) is 7.11 Å². The van der Waals surface area contributed by atoms with Crippen LogP contribution in [0.3, 0.4) is 0 Å². The second kappa shape index (κ2) is 5.30. The number of carbonyl (C=O) groups is 2. The average molecular weight is 222 g/mol. The Balaban J connectivity index is 2.89. The summed E-state index contributed by atoms with van der Waals surface area (Å²) in [7, 11) is 1.32. The zero-order valence-corrected chi connectivity index (χ0v) is 9.27. The summed E-state index contributed by atoms with van der Waals surface area (Å²) in [6, 6.07) is 6.84. The van der Waals surface area contributed by atoms with Gasteiger partial charge < -0.3 is 9.84 Å². The van der Waals surface area contributed by atoms with E-state index >= 15 is 0 Å². The molecule has 1 aromatic rings. The van der Waals surface area contributed by atoms with Gasteiger partial charge in [-0.15, -0.1) is 0 Å². The molecule has 0 fully saturated rings. The molecule has 0 aliphatic carbocycles. The Hall–Kier alpha value is -1.84. The van der Waals surface area contributed by atoms with E-state index < -0.39 is 11.9 Å². The first kappa shape index (κ1) is 12.2. The molecule has 1 rings (SSSR count). The van der Waals surface area contributed by atoms with E-state index in [-0.39, 0.29) is 12.3 Å². The van der Waals surface area contributed by atoms with Gasteiger partial charge in [0.05, 0.1) is 19.1 Å².